The number of hydrogen-bond donors (Lipinski definition) is 0. The summed E-state index contributed by atoms with van der Waals surface area (Å²) in [6.45, 7) is 6.47. The molecule has 0 aliphatic carbocycles. The average Bonchev–Trinajstić information content (AvgIpc) is 2.92. The van der Waals surface area contributed by atoms with Gasteiger partial charge < -0.3 is 9.13 Å². The van der Waals surface area contributed by atoms with E-state index in [0.717, 1.165) is 13.1 Å². The van der Waals surface area contributed by atoms with Gasteiger partial charge in [-0.3, -0.25) is 0 Å². The van der Waals surface area contributed by atoms with E-state index >= 15 is 0 Å². The molecule has 98 valence electrons. The molecule has 17 heavy (non-hydrogen) atoms. The Kier molecular flexibility index (Phi) is 9.74. The van der Waals surface area contributed by atoms with E-state index in [4.69, 9.17) is 0 Å². The largest absolute Gasteiger partial charge is 0.338 e. The third-order valence-electron chi connectivity index (χ3n) is 2.08. The van der Waals surface area contributed by atoms with Crippen LogP contribution >= 0.6 is 0 Å². The molecule has 0 aromatic carbocycles. The van der Waals surface area contributed by atoms with Gasteiger partial charge in [0.05, 0.1) is 12.7 Å². The smallest absolute Gasteiger partial charge is 0.0945 e. The molecule has 0 unspecified atom stereocenters. The van der Waals surface area contributed by atoms with Crippen molar-refractivity contribution in [3.05, 3.63) is 37.4 Å². The minimum Gasteiger partial charge on any atom is -0.338 e. The van der Waals surface area contributed by atoms with E-state index in [2.05, 4.69) is 32.9 Å². The Morgan fingerprint density at radius 3 is 1.47 bits per heavy atom. The molecule has 0 saturated heterocycles. The second-order valence-electron chi connectivity index (χ2n) is 3.60. The summed E-state index contributed by atoms with van der Waals surface area (Å²) in [4.78, 5) is 7.81. The van der Waals surface area contributed by atoms with Gasteiger partial charge in [-0.1, -0.05) is 13.8 Å². The minimum atomic E-state index is 0. The van der Waals surface area contributed by atoms with Gasteiger partial charge in [-0.15, -0.1) is 0 Å². The molecule has 2 rings (SSSR count). The van der Waals surface area contributed by atoms with E-state index in [9.17, 15) is 0 Å². The topological polar surface area (TPSA) is 35.6 Å². The van der Waals surface area contributed by atoms with E-state index in [1.807, 2.05) is 25.0 Å². The molecule has 0 N–H and O–H groups in total. The third kappa shape index (κ3) is 7.11. The number of imidazole rings is 2. The van der Waals surface area contributed by atoms with Crippen molar-refractivity contribution in [1.82, 2.24) is 19.1 Å². The molecular weight excluding hydrogens is 395 g/mol. The molecule has 0 amide bonds. The SMILES string of the molecule is CCCn1ccnc1.CCCn1ccnc1.[Pt]. The summed E-state index contributed by atoms with van der Waals surface area (Å²) in [5.74, 6) is 0. The molecule has 0 radical (unpaired) electrons. The molecular formula is C12H20N4Pt. The van der Waals surface area contributed by atoms with Crippen LogP contribution in [0.15, 0.2) is 37.4 Å². The molecule has 4 nitrogen and oxygen atoms in total. The molecule has 2 heterocycles. The zero-order valence-corrected chi connectivity index (χ0v) is 12.7. The van der Waals surface area contributed by atoms with Crippen molar-refractivity contribution in [3.63, 3.8) is 0 Å². The summed E-state index contributed by atoms with van der Waals surface area (Å²) in [7, 11) is 0. The summed E-state index contributed by atoms with van der Waals surface area (Å²) in [5.41, 5.74) is 0. The minimum absolute atomic E-state index is 0. The van der Waals surface area contributed by atoms with Crippen molar-refractivity contribution in [3.8, 4) is 0 Å². The Morgan fingerprint density at radius 2 is 1.24 bits per heavy atom. The number of nitrogens with zero attached hydrogens (tertiary/aromatic N) is 4. The fourth-order valence-corrected chi connectivity index (χ4v) is 1.35. The Morgan fingerprint density at radius 1 is 0.824 bits per heavy atom. The molecule has 0 bridgehead atoms. The number of hydrogen-bond acceptors (Lipinski definition) is 2. The standard InChI is InChI=1S/2C6H10N2.Pt/c2*1-2-4-8-5-3-7-6-8;/h2*3,5-6H,2,4H2,1H3;. The van der Waals surface area contributed by atoms with Crippen molar-refractivity contribution in [2.75, 3.05) is 0 Å². The van der Waals surface area contributed by atoms with Crippen molar-refractivity contribution >= 4 is 0 Å². The van der Waals surface area contributed by atoms with Gasteiger partial charge in [-0.25, -0.2) is 9.97 Å². The maximum absolute atomic E-state index is 3.90. The Hall–Kier alpha value is -0.892. The van der Waals surface area contributed by atoms with Crippen LogP contribution in [0.4, 0.5) is 0 Å². The molecule has 0 fully saturated rings. The van der Waals surface area contributed by atoms with Gasteiger partial charge in [-0.2, -0.15) is 0 Å². The number of aryl methyl sites for hydroxylation is 2. The predicted molar refractivity (Wildman–Crippen MR) is 65.0 cm³/mol. The van der Waals surface area contributed by atoms with Crippen LogP contribution in [-0.4, -0.2) is 19.1 Å². The molecule has 0 spiro atoms. The Labute approximate surface area is 117 Å². The van der Waals surface area contributed by atoms with Gasteiger partial charge in [0.2, 0.25) is 0 Å². The van der Waals surface area contributed by atoms with E-state index in [-0.39, 0.29) is 21.1 Å². The summed E-state index contributed by atoms with van der Waals surface area (Å²) in [6.07, 6.45) is 13.6. The van der Waals surface area contributed by atoms with Crippen LogP contribution in [0, 0.1) is 0 Å². The van der Waals surface area contributed by atoms with Crippen LogP contribution in [-0.2, 0) is 34.2 Å². The molecule has 0 atom stereocenters. The van der Waals surface area contributed by atoms with Gasteiger partial charge in [0.25, 0.3) is 0 Å². The number of aromatic nitrogens is 4. The monoisotopic (exact) mass is 415 g/mol. The van der Waals surface area contributed by atoms with Gasteiger partial charge in [-0.05, 0) is 12.8 Å². The Balaban J connectivity index is 0.000000284. The summed E-state index contributed by atoms with van der Waals surface area (Å²) < 4.78 is 4.14. The second kappa shape index (κ2) is 10.3. The van der Waals surface area contributed by atoms with E-state index in [1.165, 1.54) is 12.8 Å². The van der Waals surface area contributed by atoms with Gasteiger partial charge in [0, 0.05) is 58.9 Å². The van der Waals surface area contributed by atoms with E-state index < -0.39 is 0 Å². The second-order valence-corrected chi connectivity index (χ2v) is 3.60. The van der Waals surface area contributed by atoms with Crippen LogP contribution in [0.3, 0.4) is 0 Å². The molecule has 0 aliphatic rings. The van der Waals surface area contributed by atoms with E-state index in [0.29, 0.717) is 0 Å². The van der Waals surface area contributed by atoms with Crippen LogP contribution in [0.1, 0.15) is 26.7 Å². The molecule has 0 aliphatic heterocycles. The summed E-state index contributed by atoms with van der Waals surface area (Å²) in [5, 5.41) is 0. The predicted octanol–water partition coefficient (Wildman–Crippen LogP) is 2.58. The average molecular weight is 415 g/mol. The zero-order valence-electron chi connectivity index (χ0n) is 10.4. The fourth-order valence-electron chi connectivity index (χ4n) is 1.35. The summed E-state index contributed by atoms with van der Waals surface area (Å²) in [6, 6.07) is 0. The molecule has 2 aromatic rings. The summed E-state index contributed by atoms with van der Waals surface area (Å²) >= 11 is 0. The zero-order chi connectivity index (χ0) is 11.6. The van der Waals surface area contributed by atoms with Crippen LogP contribution in [0.2, 0.25) is 0 Å². The van der Waals surface area contributed by atoms with Crippen LogP contribution < -0.4 is 0 Å². The fraction of sp³-hybridized carbons (Fsp3) is 0.500. The van der Waals surface area contributed by atoms with Crippen molar-refractivity contribution in [2.24, 2.45) is 0 Å². The maximum atomic E-state index is 3.90. The maximum Gasteiger partial charge on any atom is 0.0945 e. The number of rotatable bonds is 4. The first-order valence-electron chi connectivity index (χ1n) is 5.78. The Bertz CT molecular complexity index is 306. The van der Waals surface area contributed by atoms with E-state index in [1.54, 1.807) is 12.4 Å². The normalized spacial score (nSPS) is 9.06. The first-order valence-corrected chi connectivity index (χ1v) is 5.78. The van der Waals surface area contributed by atoms with Crippen molar-refractivity contribution in [1.29, 1.82) is 0 Å². The van der Waals surface area contributed by atoms with Crippen LogP contribution in [0.5, 0.6) is 0 Å². The van der Waals surface area contributed by atoms with Crippen molar-refractivity contribution < 1.29 is 21.1 Å². The van der Waals surface area contributed by atoms with Gasteiger partial charge >= 0.3 is 0 Å². The van der Waals surface area contributed by atoms with Crippen molar-refractivity contribution in [2.45, 2.75) is 39.8 Å². The van der Waals surface area contributed by atoms with Crippen LogP contribution in [0.25, 0.3) is 0 Å². The third-order valence-corrected chi connectivity index (χ3v) is 2.08. The van der Waals surface area contributed by atoms with Gasteiger partial charge in [0.15, 0.2) is 0 Å². The first-order chi connectivity index (χ1) is 7.86. The molecule has 5 heteroatoms. The molecule has 0 saturated carbocycles. The molecule has 2 aromatic heterocycles. The van der Waals surface area contributed by atoms with Gasteiger partial charge in [0.1, 0.15) is 0 Å². The first kappa shape index (κ1) is 16.1. The quantitative estimate of drug-likeness (QED) is 0.770.